The lowest BCUT2D eigenvalue weighted by molar-refractivity contribution is -0.138. The molecule has 0 N–H and O–H groups in total. The van der Waals surface area contributed by atoms with Crippen LogP contribution < -0.4 is 4.90 Å². The molecule has 0 aliphatic carbocycles. The molecule has 1 amide bonds. The van der Waals surface area contributed by atoms with Gasteiger partial charge in [0.2, 0.25) is 5.91 Å². The van der Waals surface area contributed by atoms with Crippen molar-refractivity contribution >= 4 is 23.2 Å². The first-order chi connectivity index (χ1) is 9.85. The van der Waals surface area contributed by atoms with E-state index in [0.29, 0.717) is 12.4 Å². The first kappa shape index (κ1) is 17.8. The van der Waals surface area contributed by atoms with Crippen LogP contribution in [0.4, 0.5) is 5.69 Å². The highest BCUT2D eigenvalue weighted by Crippen LogP contribution is 2.22. The first-order valence-corrected chi connectivity index (χ1v) is 8.04. The lowest BCUT2D eigenvalue weighted by atomic mass is 9.94. The molecule has 4 heteroatoms. The number of hydrogen-bond donors (Lipinski definition) is 0. The number of rotatable bonds is 7. The van der Waals surface area contributed by atoms with Crippen LogP contribution in [0.25, 0.3) is 0 Å². The third kappa shape index (κ3) is 4.63. The molecule has 3 nitrogen and oxygen atoms in total. The molecule has 1 aromatic carbocycles. The summed E-state index contributed by atoms with van der Waals surface area (Å²) in [6.45, 7) is 10.7. The van der Waals surface area contributed by atoms with Gasteiger partial charge in [-0.1, -0.05) is 12.1 Å². The number of benzene rings is 1. The van der Waals surface area contributed by atoms with Crippen LogP contribution in [-0.4, -0.2) is 36.8 Å². The van der Waals surface area contributed by atoms with Gasteiger partial charge >= 0.3 is 0 Å². The van der Waals surface area contributed by atoms with Crippen molar-refractivity contribution in [1.29, 1.82) is 0 Å². The molecule has 0 spiro atoms. The van der Waals surface area contributed by atoms with Crippen LogP contribution in [0.5, 0.6) is 0 Å². The summed E-state index contributed by atoms with van der Waals surface area (Å²) in [4.78, 5) is 16.3. The third-order valence-electron chi connectivity index (χ3n) is 3.74. The van der Waals surface area contributed by atoms with Gasteiger partial charge in [-0.2, -0.15) is 0 Å². The predicted octanol–water partition coefficient (Wildman–Crippen LogP) is 3.76. The minimum absolute atomic E-state index is 0.0744. The van der Waals surface area contributed by atoms with Crippen molar-refractivity contribution < 1.29 is 4.79 Å². The summed E-state index contributed by atoms with van der Waals surface area (Å²) in [5.74, 6) is 0.405. The Hall–Kier alpha value is -1.22. The maximum atomic E-state index is 12.3. The average molecular weight is 311 g/mol. The van der Waals surface area contributed by atoms with Gasteiger partial charge in [0, 0.05) is 38.2 Å². The third-order valence-corrected chi connectivity index (χ3v) is 4.41. The van der Waals surface area contributed by atoms with E-state index in [1.807, 2.05) is 20.9 Å². The fraction of sp³-hybridized carbons (Fsp3) is 0.588. The number of halogens is 1. The van der Waals surface area contributed by atoms with Gasteiger partial charge in [-0.25, -0.2) is 0 Å². The van der Waals surface area contributed by atoms with E-state index in [0.717, 1.165) is 18.7 Å². The monoisotopic (exact) mass is 310 g/mol. The smallest absolute Gasteiger partial charge is 0.229 e. The molecular weight excluding hydrogens is 284 g/mol. The Labute approximate surface area is 133 Å². The molecule has 0 aliphatic heterocycles. The van der Waals surface area contributed by atoms with Crippen LogP contribution in [0.15, 0.2) is 24.3 Å². The lowest BCUT2D eigenvalue weighted by Gasteiger charge is -2.28. The highest BCUT2D eigenvalue weighted by Gasteiger charge is 2.29. The molecule has 0 saturated carbocycles. The van der Waals surface area contributed by atoms with Gasteiger partial charge in [0.1, 0.15) is 0 Å². The van der Waals surface area contributed by atoms with E-state index in [1.54, 1.807) is 4.90 Å². The summed E-state index contributed by atoms with van der Waals surface area (Å²) in [7, 11) is 1.83. The van der Waals surface area contributed by atoms with Gasteiger partial charge in [-0.3, -0.25) is 4.79 Å². The average Bonchev–Trinajstić information content (AvgIpc) is 2.49. The normalized spacial score (nSPS) is 11.3. The highest BCUT2D eigenvalue weighted by atomic mass is 35.5. The molecule has 0 heterocycles. The molecule has 0 unspecified atom stereocenters. The zero-order valence-corrected chi connectivity index (χ0v) is 14.6. The fourth-order valence-corrected chi connectivity index (χ4v) is 2.43. The van der Waals surface area contributed by atoms with E-state index >= 15 is 0 Å². The minimum atomic E-state index is -0.516. The molecule has 118 valence electrons. The number of nitrogens with zero attached hydrogens (tertiary/aromatic N) is 2. The second-order valence-electron chi connectivity index (χ2n) is 6.02. The van der Waals surface area contributed by atoms with Gasteiger partial charge in [0.25, 0.3) is 0 Å². The minimum Gasteiger partial charge on any atom is -0.372 e. The summed E-state index contributed by atoms with van der Waals surface area (Å²) in [6.07, 6.45) is 0. The van der Waals surface area contributed by atoms with Crippen LogP contribution >= 0.6 is 11.6 Å². The van der Waals surface area contributed by atoms with Crippen molar-refractivity contribution in [1.82, 2.24) is 4.90 Å². The van der Waals surface area contributed by atoms with E-state index in [4.69, 9.17) is 11.6 Å². The number of hydrogen-bond acceptors (Lipinski definition) is 2. The summed E-state index contributed by atoms with van der Waals surface area (Å²) in [6, 6.07) is 8.41. The Kier molecular flexibility index (Phi) is 6.53. The van der Waals surface area contributed by atoms with E-state index in [2.05, 4.69) is 43.0 Å². The molecule has 0 saturated heterocycles. The summed E-state index contributed by atoms with van der Waals surface area (Å²) >= 11 is 5.87. The topological polar surface area (TPSA) is 23.6 Å². The first-order valence-electron chi connectivity index (χ1n) is 7.51. The molecular formula is C17H27ClN2O. The molecule has 0 aliphatic rings. The number of carbonyl (C=O) groups excluding carboxylic acids is 1. The van der Waals surface area contributed by atoms with Crippen LogP contribution in [0.2, 0.25) is 0 Å². The Morgan fingerprint density at radius 2 is 1.67 bits per heavy atom. The van der Waals surface area contributed by atoms with E-state index < -0.39 is 5.41 Å². The summed E-state index contributed by atoms with van der Waals surface area (Å²) in [5.41, 5.74) is 1.84. The number of amides is 1. The van der Waals surface area contributed by atoms with Crippen molar-refractivity contribution in [2.45, 2.75) is 34.2 Å². The number of alkyl halides is 1. The maximum Gasteiger partial charge on any atom is 0.229 e. The van der Waals surface area contributed by atoms with E-state index in [1.165, 1.54) is 5.69 Å². The van der Waals surface area contributed by atoms with Crippen molar-refractivity contribution in [2.24, 2.45) is 5.41 Å². The molecule has 0 fully saturated rings. The van der Waals surface area contributed by atoms with Gasteiger partial charge < -0.3 is 9.80 Å². The zero-order chi connectivity index (χ0) is 16.0. The molecule has 1 rings (SSSR count). The molecule has 21 heavy (non-hydrogen) atoms. The Morgan fingerprint density at radius 1 is 1.14 bits per heavy atom. The van der Waals surface area contributed by atoms with Crippen molar-refractivity contribution in [3.05, 3.63) is 29.8 Å². The summed E-state index contributed by atoms with van der Waals surface area (Å²) in [5, 5.41) is 0. The van der Waals surface area contributed by atoms with Crippen LogP contribution in [0.3, 0.4) is 0 Å². The maximum absolute atomic E-state index is 12.3. The SMILES string of the molecule is CCN(CC)c1ccc(CN(C)C(=O)C(C)(C)CCl)cc1. The quantitative estimate of drug-likeness (QED) is 0.716. The van der Waals surface area contributed by atoms with Gasteiger partial charge in [-0.15, -0.1) is 11.6 Å². The van der Waals surface area contributed by atoms with Gasteiger partial charge in [0.05, 0.1) is 5.41 Å². The summed E-state index contributed by atoms with van der Waals surface area (Å²) < 4.78 is 0. The number of anilines is 1. The van der Waals surface area contributed by atoms with Gasteiger partial charge in [0.15, 0.2) is 0 Å². The van der Waals surface area contributed by atoms with Crippen LogP contribution in [0.1, 0.15) is 33.3 Å². The van der Waals surface area contributed by atoms with Crippen molar-refractivity contribution in [2.75, 3.05) is 30.9 Å². The second-order valence-corrected chi connectivity index (χ2v) is 6.28. The Bertz CT molecular complexity index is 452. The molecule has 0 radical (unpaired) electrons. The van der Waals surface area contributed by atoms with E-state index in [9.17, 15) is 4.79 Å². The van der Waals surface area contributed by atoms with Crippen molar-refractivity contribution in [3.8, 4) is 0 Å². The molecule has 0 atom stereocenters. The van der Waals surface area contributed by atoms with E-state index in [-0.39, 0.29) is 5.91 Å². The molecule has 1 aromatic rings. The zero-order valence-electron chi connectivity index (χ0n) is 13.8. The predicted molar refractivity (Wildman–Crippen MR) is 91.0 cm³/mol. The fourth-order valence-electron chi connectivity index (χ4n) is 2.32. The van der Waals surface area contributed by atoms with Gasteiger partial charge in [-0.05, 0) is 45.4 Å². The second kappa shape index (κ2) is 7.69. The lowest BCUT2D eigenvalue weighted by Crippen LogP contribution is -2.39. The largest absolute Gasteiger partial charge is 0.372 e. The van der Waals surface area contributed by atoms with Crippen LogP contribution in [0, 0.1) is 5.41 Å². The molecule has 0 bridgehead atoms. The standard InChI is InChI=1S/C17H27ClN2O/c1-6-20(7-2)15-10-8-14(9-11-15)12-19(5)16(21)17(3,4)13-18/h8-11H,6-7,12-13H2,1-5H3. The Morgan fingerprint density at radius 3 is 2.10 bits per heavy atom. The Balaban J connectivity index is 2.74. The molecule has 0 aromatic heterocycles. The number of carbonyl (C=O) groups is 1. The van der Waals surface area contributed by atoms with Crippen molar-refractivity contribution in [3.63, 3.8) is 0 Å². The highest BCUT2D eigenvalue weighted by molar-refractivity contribution is 6.19. The van der Waals surface area contributed by atoms with Crippen LogP contribution in [-0.2, 0) is 11.3 Å².